The van der Waals surface area contributed by atoms with Crippen LogP contribution in [0.4, 0.5) is 5.82 Å². The fourth-order valence-corrected chi connectivity index (χ4v) is 3.18. The van der Waals surface area contributed by atoms with Gasteiger partial charge in [-0.25, -0.2) is 4.98 Å². The van der Waals surface area contributed by atoms with Crippen molar-refractivity contribution in [2.24, 2.45) is 5.92 Å². The second-order valence-electron chi connectivity index (χ2n) is 5.92. The number of rotatable bonds is 2. The molecule has 0 bridgehead atoms. The van der Waals surface area contributed by atoms with Crippen LogP contribution in [0, 0.1) is 12.8 Å². The number of aryl methyl sites for hydroxylation is 1. The van der Waals surface area contributed by atoms with Gasteiger partial charge in [0.05, 0.1) is 11.4 Å². The molecule has 2 unspecified atom stereocenters. The Bertz CT molecular complexity index is 684. The smallest absolute Gasteiger partial charge is 0.306 e. The molecule has 21 heavy (non-hydrogen) atoms. The van der Waals surface area contributed by atoms with E-state index in [1.54, 1.807) is 0 Å². The molecule has 2 aromatic rings. The third-order valence-corrected chi connectivity index (χ3v) is 4.43. The third kappa shape index (κ3) is 2.58. The molecule has 1 N–H and O–H groups in total. The van der Waals surface area contributed by atoms with E-state index in [0.29, 0.717) is 12.8 Å². The molecule has 2 atom stereocenters. The van der Waals surface area contributed by atoms with Gasteiger partial charge in [0.1, 0.15) is 5.82 Å². The van der Waals surface area contributed by atoms with E-state index in [4.69, 9.17) is 10.1 Å². The summed E-state index contributed by atoms with van der Waals surface area (Å²) in [7, 11) is 0. The molecule has 1 saturated heterocycles. The molecule has 1 aliphatic rings. The fraction of sp³-hybridized carbons (Fsp3) is 0.412. The van der Waals surface area contributed by atoms with Crippen molar-refractivity contribution in [1.29, 1.82) is 0 Å². The Kier molecular flexibility index (Phi) is 3.53. The minimum atomic E-state index is -0.677. The molecule has 4 nitrogen and oxygen atoms in total. The van der Waals surface area contributed by atoms with Crippen molar-refractivity contribution in [3.8, 4) is 0 Å². The van der Waals surface area contributed by atoms with Crippen molar-refractivity contribution in [2.75, 3.05) is 11.4 Å². The molecule has 110 valence electrons. The van der Waals surface area contributed by atoms with Crippen LogP contribution < -0.4 is 4.90 Å². The summed E-state index contributed by atoms with van der Waals surface area (Å²) < 4.78 is 0. The van der Waals surface area contributed by atoms with E-state index in [2.05, 4.69) is 36.9 Å². The zero-order valence-electron chi connectivity index (χ0n) is 12.4. The second kappa shape index (κ2) is 5.35. The molecule has 0 radical (unpaired) electrons. The highest BCUT2D eigenvalue weighted by atomic mass is 16.4. The van der Waals surface area contributed by atoms with Gasteiger partial charge in [0.2, 0.25) is 0 Å². The number of aromatic nitrogens is 1. The van der Waals surface area contributed by atoms with Gasteiger partial charge in [0, 0.05) is 18.0 Å². The fourth-order valence-electron chi connectivity index (χ4n) is 3.18. The van der Waals surface area contributed by atoms with Crippen LogP contribution in [0.1, 0.15) is 25.3 Å². The molecule has 4 heteroatoms. The number of aliphatic carboxylic acids is 1. The first-order chi connectivity index (χ1) is 10.1. The van der Waals surface area contributed by atoms with Crippen molar-refractivity contribution >= 4 is 22.7 Å². The van der Waals surface area contributed by atoms with Crippen LogP contribution in [0.5, 0.6) is 0 Å². The lowest BCUT2D eigenvalue weighted by molar-refractivity contribution is -0.142. The molecule has 2 heterocycles. The summed E-state index contributed by atoms with van der Waals surface area (Å²) >= 11 is 0. The highest BCUT2D eigenvalue weighted by Crippen LogP contribution is 2.28. The first-order valence-corrected chi connectivity index (χ1v) is 7.42. The maximum atomic E-state index is 11.1. The normalized spacial score (nSPS) is 22.5. The minimum Gasteiger partial charge on any atom is -0.481 e. The van der Waals surface area contributed by atoms with Gasteiger partial charge in [-0.2, -0.15) is 0 Å². The van der Waals surface area contributed by atoms with E-state index < -0.39 is 5.97 Å². The van der Waals surface area contributed by atoms with Crippen molar-refractivity contribution in [3.63, 3.8) is 0 Å². The van der Waals surface area contributed by atoms with Crippen LogP contribution in [0.2, 0.25) is 0 Å². The number of hydrogen-bond acceptors (Lipinski definition) is 3. The molecular weight excluding hydrogens is 264 g/mol. The standard InChI is InChI=1S/C17H20N2O2/c1-11-4-3-5-13-6-7-15(18-16(11)13)19-9-8-14(17(20)21)10-12(19)2/h3-7,12,14H,8-10H2,1-2H3,(H,20,21). The maximum absolute atomic E-state index is 11.1. The summed E-state index contributed by atoms with van der Waals surface area (Å²) in [5.74, 6) is 0.0513. The van der Waals surface area contributed by atoms with E-state index >= 15 is 0 Å². The van der Waals surface area contributed by atoms with Gasteiger partial charge >= 0.3 is 5.97 Å². The Morgan fingerprint density at radius 2 is 2.14 bits per heavy atom. The predicted octanol–water partition coefficient (Wildman–Crippen LogP) is 3.23. The van der Waals surface area contributed by atoms with Gasteiger partial charge in [0.25, 0.3) is 0 Å². The number of anilines is 1. The lowest BCUT2D eigenvalue weighted by Crippen LogP contribution is -2.43. The number of carboxylic acid groups (broad SMARTS) is 1. The van der Waals surface area contributed by atoms with Crippen LogP contribution in [0.3, 0.4) is 0 Å². The lowest BCUT2D eigenvalue weighted by atomic mass is 9.92. The van der Waals surface area contributed by atoms with E-state index in [1.807, 2.05) is 12.1 Å². The molecule has 3 rings (SSSR count). The van der Waals surface area contributed by atoms with E-state index in [-0.39, 0.29) is 12.0 Å². The van der Waals surface area contributed by atoms with Crippen molar-refractivity contribution in [3.05, 3.63) is 35.9 Å². The number of piperidine rings is 1. The Hall–Kier alpha value is -2.10. The Balaban J connectivity index is 1.90. The van der Waals surface area contributed by atoms with Crippen molar-refractivity contribution in [1.82, 2.24) is 4.98 Å². The Labute approximate surface area is 124 Å². The number of pyridine rings is 1. The van der Waals surface area contributed by atoms with Gasteiger partial charge in [-0.15, -0.1) is 0 Å². The molecule has 0 amide bonds. The Morgan fingerprint density at radius 1 is 1.33 bits per heavy atom. The number of nitrogens with zero attached hydrogens (tertiary/aromatic N) is 2. The second-order valence-corrected chi connectivity index (χ2v) is 5.92. The van der Waals surface area contributed by atoms with Gasteiger partial charge in [-0.3, -0.25) is 4.79 Å². The molecule has 0 spiro atoms. The van der Waals surface area contributed by atoms with Gasteiger partial charge in [0.15, 0.2) is 0 Å². The largest absolute Gasteiger partial charge is 0.481 e. The highest BCUT2D eigenvalue weighted by molar-refractivity contribution is 5.83. The van der Waals surface area contributed by atoms with Gasteiger partial charge in [-0.1, -0.05) is 18.2 Å². The van der Waals surface area contributed by atoms with Crippen LogP contribution in [-0.2, 0) is 4.79 Å². The molecule has 1 aromatic carbocycles. The minimum absolute atomic E-state index is 0.203. The predicted molar refractivity (Wildman–Crippen MR) is 83.6 cm³/mol. The topological polar surface area (TPSA) is 53.4 Å². The third-order valence-electron chi connectivity index (χ3n) is 4.43. The average Bonchev–Trinajstić information content (AvgIpc) is 2.47. The van der Waals surface area contributed by atoms with Crippen molar-refractivity contribution in [2.45, 2.75) is 32.7 Å². The highest BCUT2D eigenvalue weighted by Gasteiger charge is 2.30. The zero-order valence-corrected chi connectivity index (χ0v) is 12.4. The zero-order chi connectivity index (χ0) is 15.0. The lowest BCUT2D eigenvalue weighted by Gasteiger charge is -2.37. The molecule has 0 aliphatic carbocycles. The van der Waals surface area contributed by atoms with E-state index in [1.165, 1.54) is 5.56 Å². The molecule has 1 aromatic heterocycles. The van der Waals surface area contributed by atoms with Crippen LogP contribution in [-0.4, -0.2) is 28.6 Å². The van der Waals surface area contributed by atoms with Gasteiger partial charge < -0.3 is 10.0 Å². The number of carbonyl (C=O) groups is 1. The molecule has 0 saturated carbocycles. The van der Waals surface area contributed by atoms with Crippen molar-refractivity contribution < 1.29 is 9.90 Å². The van der Waals surface area contributed by atoms with E-state index in [9.17, 15) is 4.79 Å². The van der Waals surface area contributed by atoms with Gasteiger partial charge in [-0.05, 0) is 44.4 Å². The first kappa shape index (κ1) is 13.9. The van der Waals surface area contributed by atoms with Crippen LogP contribution in [0.15, 0.2) is 30.3 Å². The number of hydrogen-bond donors (Lipinski definition) is 1. The summed E-state index contributed by atoms with van der Waals surface area (Å²) in [6.07, 6.45) is 1.37. The number of fused-ring (bicyclic) bond motifs is 1. The van der Waals surface area contributed by atoms with Crippen LogP contribution >= 0.6 is 0 Å². The Morgan fingerprint density at radius 3 is 2.86 bits per heavy atom. The summed E-state index contributed by atoms with van der Waals surface area (Å²) in [5.41, 5.74) is 2.20. The summed E-state index contributed by atoms with van der Waals surface area (Å²) in [4.78, 5) is 18.2. The molecule has 1 aliphatic heterocycles. The monoisotopic (exact) mass is 284 g/mol. The molecule has 1 fully saturated rings. The summed E-state index contributed by atoms with van der Waals surface area (Å²) in [5, 5.41) is 10.3. The number of carboxylic acids is 1. The van der Waals surface area contributed by atoms with E-state index in [0.717, 1.165) is 23.3 Å². The first-order valence-electron chi connectivity index (χ1n) is 7.42. The SMILES string of the molecule is Cc1cccc2ccc(N3CCC(C(=O)O)CC3C)nc12. The number of para-hydroxylation sites is 1. The summed E-state index contributed by atoms with van der Waals surface area (Å²) in [6, 6.07) is 10.5. The quantitative estimate of drug-likeness (QED) is 0.920. The maximum Gasteiger partial charge on any atom is 0.306 e. The van der Waals surface area contributed by atoms with Crippen LogP contribution in [0.25, 0.3) is 10.9 Å². The number of benzene rings is 1. The molecular formula is C17H20N2O2. The average molecular weight is 284 g/mol. The summed E-state index contributed by atoms with van der Waals surface area (Å²) in [6.45, 7) is 4.90.